The fraction of sp³-hybridized carbons (Fsp3) is 0.452. The number of piperidine rings is 1. The third-order valence-electron chi connectivity index (χ3n) is 6.25. The molecule has 2 aromatic carbocycles. The Balaban J connectivity index is 0.000000327. The first kappa shape index (κ1) is 31.6. The lowest BCUT2D eigenvalue weighted by Gasteiger charge is -2.27. The van der Waals surface area contributed by atoms with Crippen molar-refractivity contribution in [2.45, 2.75) is 45.1 Å². The van der Waals surface area contributed by atoms with Gasteiger partial charge in [-0.15, -0.1) is 0 Å². The summed E-state index contributed by atoms with van der Waals surface area (Å²) >= 11 is 0. The monoisotopic (exact) mass is 567 g/mol. The lowest BCUT2D eigenvalue weighted by Crippen LogP contribution is -2.31. The van der Waals surface area contributed by atoms with E-state index in [1.54, 1.807) is 33.2 Å². The summed E-state index contributed by atoms with van der Waals surface area (Å²) in [6, 6.07) is 15.6. The molecular weight excluding hydrogens is 526 g/mol. The van der Waals surface area contributed by atoms with Gasteiger partial charge in [-0.3, -0.25) is 9.63 Å². The SMILES string of the molecule is CN(C)OCC(=O)OC(C)(C)C.COc1ccc(-c2nc(C3CCN(C=O)CC3)oc2-c2ccc(OC)cc2)cc1. The zero-order valence-electron chi connectivity index (χ0n) is 25.0. The molecule has 41 heavy (non-hydrogen) atoms. The molecule has 1 aliphatic rings. The third kappa shape index (κ3) is 9.61. The van der Waals surface area contributed by atoms with Crippen LogP contribution >= 0.6 is 0 Å². The number of hydroxylamine groups is 2. The minimum absolute atomic E-state index is 0.0374. The predicted octanol–water partition coefficient (Wildman–Crippen LogP) is 5.18. The van der Waals surface area contributed by atoms with Crippen molar-refractivity contribution in [3.63, 3.8) is 0 Å². The van der Waals surface area contributed by atoms with E-state index in [0.29, 0.717) is 0 Å². The topological polar surface area (TPSA) is 104 Å². The number of hydrogen-bond acceptors (Lipinski definition) is 9. The van der Waals surface area contributed by atoms with Gasteiger partial charge in [0, 0.05) is 44.2 Å². The molecule has 0 saturated carbocycles. The molecule has 3 aromatic rings. The highest BCUT2D eigenvalue weighted by Gasteiger charge is 2.26. The van der Waals surface area contributed by atoms with E-state index in [4.69, 9.17) is 28.4 Å². The Bertz CT molecular complexity index is 1180. The maximum absolute atomic E-state index is 11.0. The summed E-state index contributed by atoms with van der Waals surface area (Å²) in [5, 5.41) is 1.46. The van der Waals surface area contributed by atoms with Crippen LogP contribution in [0.2, 0.25) is 0 Å². The van der Waals surface area contributed by atoms with E-state index in [1.807, 2.05) is 69.3 Å². The van der Waals surface area contributed by atoms with Gasteiger partial charge in [-0.2, -0.15) is 5.06 Å². The van der Waals surface area contributed by atoms with Crippen molar-refractivity contribution in [1.82, 2.24) is 14.9 Å². The second-order valence-electron chi connectivity index (χ2n) is 10.8. The minimum Gasteiger partial charge on any atom is -0.497 e. The molecule has 1 aliphatic heterocycles. The first-order chi connectivity index (χ1) is 19.5. The molecule has 1 saturated heterocycles. The van der Waals surface area contributed by atoms with E-state index in [2.05, 4.69) is 0 Å². The number of nitrogens with zero attached hydrogens (tertiary/aromatic N) is 3. The number of likely N-dealkylation sites (tertiary alicyclic amines) is 1. The molecule has 0 N–H and O–H groups in total. The van der Waals surface area contributed by atoms with Gasteiger partial charge in [0.25, 0.3) is 0 Å². The summed E-state index contributed by atoms with van der Waals surface area (Å²) in [5.74, 6) is 2.91. The van der Waals surface area contributed by atoms with Crippen molar-refractivity contribution in [3.05, 3.63) is 54.4 Å². The van der Waals surface area contributed by atoms with E-state index < -0.39 is 5.60 Å². The number of amides is 1. The second-order valence-corrected chi connectivity index (χ2v) is 10.8. The van der Waals surface area contributed by atoms with Gasteiger partial charge in [-0.25, -0.2) is 9.78 Å². The molecule has 0 radical (unpaired) electrons. The van der Waals surface area contributed by atoms with Crippen LogP contribution in [0.3, 0.4) is 0 Å². The molecule has 222 valence electrons. The molecule has 10 heteroatoms. The molecule has 1 amide bonds. The predicted molar refractivity (Wildman–Crippen MR) is 156 cm³/mol. The van der Waals surface area contributed by atoms with Gasteiger partial charge >= 0.3 is 5.97 Å². The number of benzene rings is 2. The normalized spacial score (nSPS) is 13.8. The summed E-state index contributed by atoms with van der Waals surface area (Å²) < 4.78 is 21.9. The Morgan fingerprint density at radius 3 is 1.98 bits per heavy atom. The summed E-state index contributed by atoms with van der Waals surface area (Å²) in [5.41, 5.74) is 2.29. The maximum Gasteiger partial charge on any atom is 0.334 e. The molecule has 0 unspecified atom stereocenters. The Kier molecular flexibility index (Phi) is 11.3. The number of carbonyl (C=O) groups excluding carboxylic acids is 2. The fourth-order valence-corrected chi connectivity index (χ4v) is 4.20. The van der Waals surface area contributed by atoms with Gasteiger partial charge in [-0.1, -0.05) is 0 Å². The van der Waals surface area contributed by atoms with Crippen LogP contribution in [-0.4, -0.2) is 80.9 Å². The highest BCUT2D eigenvalue weighted by molar-refractivity contribution is 5.77. The van der Waals surface area contributed by atoms with Crippen LogP contribution in [0.25, 0.3) is 22.6 Å². The van der Waals surface area contributed by atoms with Crippen LogP contribution in [-0.2, 0) is 19.2 Å². The average molecular weight is 568 g/mol. The molecule has 10 nitrogen and oxygen atoms in total. The van der Waals surface area contributed by atoms with Crippen LogP contribution in [0.4, 0.5) is 0 Å². The number of ether oxygens (including phenoxy) is 3. The molecule has 1 aromatic heterocycles. The Labute approximate surface area is 242 Å². The number of methoxy groups -OCH3 is 2. The van der Waals surface area contributed by atoms with Crippen LogP contribution in [0.5, 0.6) is 11.5 Å². The van der Waals surface area contributed by atoms with Crippen molar-refractivity contribution < 1.29 is 33.1 Å². The van der Waals surface area contributed by atoms with E-state index in [0.717, 1.165) is 72.3 Å². The van der Waals surface area contributed by atoms with E-state index in [9.17, 15) is 9.59 Å². The number of rotatable bonds is 9. The number of oxazole rings is 1. The summed E-state index contributed by atoms with van der Waals surface area (Å²) in [4.78, 5) is 33.6. The van der Waals surface area contributed by atoms with E-state index in [-0.39, 0.29) is 18.5 Å². The second kappa shape index (κ2) is 14.7. The first-order valence-corrected chi connectivity index (χ1v) is 13.5. The van der Waals surface area contributed by atoms with Gasteiger partial charge in [0.2, 0.25) is 6.41 Å². The number of hydrogen-bond donors (Lipinski definition) is 0. The molecule has 0 bridgehead atoms. The lowest BCUT2D eigenvalue weighted by atomic mass is 9.97. The van der Waals surface area contributed by atoms with Gasteiger partial charge in [-0.05, 0) is 82.1 Å². The third-order valence-corrected chi connectivity index (χ3v) is 6.25. The fourth-order valence-electron chi connectivity index (χ4n) is 4.20. The smallest absolute Gasteiger partial charge is 0.334 e. The average Bonchev–Trinajstić information content (AvgIpc) is 3.41. The van der Waals surface area contributed by atoms with Crippen molar-refractivity contribution in [1.29, 1.82) is 0 Å². The number of aromatic nitrogens is 1. The largest absolute Gasteiger partial charge is 0.497 e. The van der Waals surface area contributed by atoms with Crippen molar-refractivity contribution in [2.24, 2.45) is 0 Å². The van der Waals surface area contributed by atoms with Crippen molar-refractivity contribution >= 4 is 12.4 Å². The first-order valence-electron chi connectivity index (χ1n) is 13.5. The minimum atomic E-state index is -0.438. The van der Waals surface area contributed by atoms with Crippen molar-refractivity contribution in [2.75, 3.05) is 48.0 Å². The highest BCUT2D eigenvalue weighted by atomic mass is 16.7. The molecule has 0 spiro atoms. The number of carbonyl (C=O) groups is 2. The zero-order valence-corrected chi connectivity index (χ0v) is 25.0. The Morgan fingerprint density at radius 2 is 1.51 bits per heavy atom. The molecule has 0 atom stereocenters. The molecule has 1 fully saturated rings. The molecule has 4 rings (SSSR count). The van der Waals surface area contributed by atoms with Gasteiger partial charge < -0.3 is 23.5 Å². The summed E-state index contributed by atoms with van der Waals surface area (Å²) in [7, 11) is 6.72. The molecule has 0 aliphatic carbocycles. The molecular formula is C31H41N3O7. The maximum atomic E-state index is 11.0. The Morgan fingerprint density at radius 1 is 0.976 bits per heavy atom. The van der Waals surface area contributed by atoms with Crippen LogP contribution in [0, 0.1) is 0 Å². The van der Waals surface area contributed by atoms with E-state index in [1.165, 1.54) is 5.06 Å². The summed E-state index contributed by atoms with van der Waals surface area (Å²) in [6.45, 7) is 6.88. The van der Waals surface area contributed by atoms with Gasteiger partial charge in [0.1, 0.15) is 22.8 Å². The highest BCUT2D eigenvalue weighted by Crippen LogP contribution is 2.38. The van der Waals surface area contributed by atoms with Gasteiger partial charge in [0.05, 0.1) is 14.2 Å². The van der Waals surface area contributed by atoms with Crippen LogP contribution in [0.15, 0.2) is 52.9 Å². The van der Waals surface area contributed by atoms with Crippen LogP contribution < -0.4 is 9.47 Å². The van der Waals surface area contributed by atoms with E-state index >= 15 is 0 Å². The standard InChI is InChI=1S/C23H24N2O4.C8H17NO3/c1-27-19-7-3-16(4-8-19)21-22(17-5-9-20(28-2)10-6-17)29-23(24-21)18-11-13-25(15-26)14-12-18;1-8(2,3)12-7(10)6-11-9(4)5/h3-10,15,18H,11-14H2,1-2H3;6H2,1-5H3. The van der Waals surface area contributed by atoms with Gasteiger partial charge in [0.15, 0.2) is 18.3 Å². The lowest BCUT2D eigenvalue weighted by molar-refractivity contribution is -0.180. The Hall–Kier alpha value is -3.89. The quantitative estimate of drug-likeness (QED) is 0.196. The van der Waals surface area contributed by atoms with Crippen LogP contribution in [0.1, 0.15) is 45.4 Å². The summed E-state index contributed by atoms with van der Waals surface area (Å²) in [6.07, 6.45) is 2.62. The molecule has 2 heterocycles. The number of esters is 1. The van der Waals surface area contributed by atoms with Crippen molar-refractivity contribution in [3.8, 4) is 34.1 Å². The zero-order chi connectivity index (χ0) is 30.0.